The fourth-order valence-electron chi connectivity index (χ4n) is 5.77. The number of carbonyl (C=O) groups excluding carboxylic acids is 2. The fourth-order valence-corrected chi connectivity index (χ4v) is 6.75. The summed E-state index contributed by atoms with van der Waals surface area (Å²) in [6.45, 7) is 3.18. The molecular weight excluding hydrogens is 695 g/mol. The highest BCUT2D eigenvalue weighted by atomic mass is 31.2. The van der Waals surface area contributed by atoms with Crippen molar-refractivity contribution in [2.45, 2.75) is 191 Å². The SMILES string of the molecule is CCCC/C=C\C/C=C\CCCCCCCC(=O)OC(COC(=O)CCCCCCCCCCC)COP(=O)(O)OC1C(O)C(O)C(O)C(O)C1O. The van der Waals surface area contributed by atoms with E-state index >= 15 is 0 Å². The number of allylic oxidation sites excluding steroid dienone is 4. The zero-order valence-electron chi connectivity index (χ0n) is 31.6. The number of carbonyl (C=O) groups is 2. The van der Waals surface area contributed by atoms with Gasteiger partial charge < -0.3 is 39.9 Å². The Morgan fingerprint density at radius 1 is 0.596 bits per heavy atom. The molecule has 6 atom stereocenters. The summed E-state index contributed by atoms with van der Waals surface area (Å²) in [6, 6.07) is 0. The molecule has 0 heterocycles. The highest BCUT2D eigenvalue weighted by Crippen LogP contribution is 2.47. The fraction of sp³-hybridized carbons (Fsp3) is 0.842. The summed E-state index contributed by atoms with van der Waals surface area (Å²) in [4.78, 5) is 35.4. The zero-order chi connectivity index (χ0) is 38.6. The molecule has 0 aromatic rings. The highest BCUT2D eigenvalue weighted by Gasteiger charge is 2.51. The van der Waals surface area contributed by atoms with E-state index in [9.17, 15) is 44.6 Å². The molecule has 52 heavy (non-hydrogen) atoms. The van der Waals surface area contributed by atoms with Crippen LogP contribution in [-0.4, -0.2) is 98.3 Å². The molecule has 0 aromatic carbocycles. The lowest BCUT2D eigenvalue weighted by atomic mass is 9.85. The molecule has 0 aliphatic heterocycles. The number of hydrogen-bond acceptors (Lipinski definition) is 12. The number of aliphatic hydroxyl groups excluding tert-OH is 5. The Balaban J connectivity index is 2.55. The lowest BCUT2D eigenvalue weighted by Gasteiger charge is -2.41. The number of esters is 2. The molecule has 1 aliphatic carbocycles. The maximum Gasteiger partial charge on any atom is 0.472 e. The van der Waals surface area contributed by atoms with E-state index in [4.69, 9.17) is 18.5 Å². The van der Waals surface area contributed by atoms with Crippen molar-refractivity contribution in [2.75, 3.05) is 13.2 Å². The van der Waals surface area contributed by atoms with Crippen LogP contribution in [0.15, 0.2) is 24.3 Å². The maximum absolute atomic E-state index is 12.7. The van der Waals surface area contributed by atoms with E-state index in [1.807, 2.05) is 0 Å². The lowest BCUT2D eigenvalue weighted by molar-refractivity contribution is -0.220. The van der Waals surface area contributed by atoms with E-state index in [0.717, 1.165) is 64.2 Å². The number of ether oxygens (including phenoxy) is 2. The number of unbranched alkanes of at least 4 members (excludes halogenated alkanes) is 15. The van der Waals surface area contributed by atoms with Gasteiger partial charge >= 0.3 is 19.8 Å². The molecule has 0 radical (unpaired) electrons. The second-order valence-electron chi connectivity index (χ2n) is 13.8. The van der Waals surface area contributed by atoms with Gasteiger partial charge in [0.25, 0.3) is 0 Å². The molecule has 1 rings (SSSR count). The summed E-state index contributed by atoms with van der Waals surface area (Å²) in [5.74, 6) is -1.12. The van der Waals surface area contributed by atoms with Crippen molar-refractivity contribution in [1.82, 2.24) is 0 Å². The van der Waals surface area contributed by atoms with Crippen LogP contribution in [0, 0.1) is 0 Å². The van der Waals surface area contributed by atoms with Crippen molar-refractivity contribution in [1.29, 1.82) is 0 Å². The molecular formula is C38H69O13P. The summed E-state index contributed by atoms with van der Waals surface area (Å²) in [6.07, 6.45) is 15.5. The van der Waals surface area contributed by atoms with Crippen LogP contribution < -0.4 is 0 Å². The van der Waals surface area contributed by atoms with Gasteiger partial charge in [-0.15, -0.1) is 0 Å². The molecule has 13 nitrogen and oxygen atoms in total. The molecule has 0 amide bonds. The standard InChI is InChI=1S/C38H69O13P/c1-3-5-7-9-11-13-14-15-16-17-19-21-23-25-27-32(40)50-30(28-48-31(39)26-24-22-20-18-12-10-8-6-4-2)29-49-52(46,47)51-38-36(44)34(42)33(41)35(43)37(38)45/h9,11,14-15,30,33-38,41-45H,3-8,10,12-13,16-29H2,1-2H3,(H,46,47)/b11-9-,15-14-. The van der Waals surface area contributed by atoms with E-state index in [1.54, 1.807) is 0 Å². The van der Waals surface area contributed by atoms with Crippen LogP contribution in [0.2, 0.25) is 0 Å². The van der Waals surface area contributed by atoms with Crippen LogP contribution in [-0.2, 0) is 32.7 Å². The second-order valence-corrected chi connectivity index (χ2v) is 15.2. The van der Waals surface area contributed by atoms with Crippen LogP contribution in [0.3, 0.4) is 0 Å². The van der Waals surface area contributed by atoms with Crippen molar-refractivity contribution >= 4 is 19.8 Å². The molecule has 6 unspecified atom stereocenters. The Hall–Kier alpha value is -1.67. The van der Waals surface area contributed by atoms with Crippen LogP contribution in [0.5, 0.6) is 0 Å². The van der Waals surface area contributed by atoms with Crippen LogP contribution in [0.25, 0.3) is 0 Å². The molecule has 0 spiro atoms. The predicted octanol–water partition coefficient (Wildman–Crippen LogP) is 6.11. The van der Waals surface area contributed by atoms with E-state index in [1.165, 1.54) is 44.9 Å². The van der Waals surface area contributed by atoms with Gasteiger partial charge in [-0.1, -0.05) is 122 Å². The van der Waals surface area contributed by atoms with Gasteiger partial charge in [-0.05, 0) is 38.5 Å². The third-order valence-electron chi connectivity index (χ3n) is 9.05. The molecule has 0 bridgehead atoms. The predicted molar refractivity (Wildman–Crippen MR) is 198 cm³/mol. The molecule has 1 fully saturated rings. The largest absolute Gasteiger partial charge is 0.472 e. The topological polar surface area (TPSA) is 210 Å². The number of hydrogen-bond donors (Lipinski definition) is 6. The zero-order valence-corrected chi connectivity index (χ0v) is 32.5. The Bertz CT molecular complexity index is 1020. The molecule has 1 saturated carbocycles. The van der Waals surface area contributed by atoms with E-state index in [-0.39, 0.29) is 12.8 Å². The monoisotopic (exact) mass is 764 g/mol. The van der Waals surface area contributed by atoms with Crippen LogP contribution in [0.1, 0.15) is 149 Å². The smallest absolute Gasteiger partial charge is 0.462 e. The van der Waals surface area contributed by atoms with Gasteiger partial charge in [0.2, 0.25) is 0 Å². The number of rotatable bonds is 31. The summed E-state index contributed by atoms with van der Waals surface area (Å²) < 4.78 is 33.3. The van der Waals surface area contributed by atoms with Crippen molar-refractivity contribution < 1.29 is 63.1 Å². The number of phosphoric acid groups is 1. The Morgan fingerprint density at radius 3 is 1.62 bits per heavy atom. The van der Waals surface area contributed by atoms with E-state index < -0.39 is 75.7 Å². The van der Waals surface area contributed by atoms with Crippen LogP contribution >= 0.6 is 7.82 Å². The average Bonchev–Trinajstić information content (AvgIpc) is 3.12. The Morgan fingerprint density at radius 2 is 1.06 bits per heavy atom. The van der Waals surface area contributed by atoms with Gasteiger partial charge in [0.1, 0.15) is 43.2 Å². The maximum atomic E-state index is 12.7. The van der Waals surface area contributed by atoms with E-state index in [2.05, 4.69) is 38.2 Å². The van der Waals surface area contributed by atoms with Crippen molar-refractivity contribution in [3.63, 3.8) is 0 Å². The third-order valence-corrected chi connectivity index (χ3v) is 10.0. The van der Waals surface area contributed by atoms with Gasteiger partial charge in [0, 0.05) is 12.8 Å². The first-order valence-corrected chi connectivity index (χ1v) is 21.1. The van der Waals surface area contributed by atoms with Crippen LogP contribution in [0.4, 0.5) is 0 Å². The minimum absolute atomic E-state index is 0.0823. The van der Waals surface area contributed by atoms with Gasteiger partial charge in [-0.25, -0.2) is 4.57 Å². The molecule has 1 aliphatic rings. The van der Waals surface area contributed by atoms with Gasteiger partial charge in [-0.2, -0.15) is 0 Å². The lowest BCUT2D eigenvalue weighted by Crippen LogP contribution is -2.64. The molecule has 304 valence electrons. The van der Waals surface area contributed by atoms with Crippen molar-refractivity contribution in [3.05, 3.63) is 24.3 Å². The molecule has 0 saturated heterocycles. The first-order chi connectivity index (χ1) is 24.9. The molecule has 14 heteroatoms. The third kappa shape index (κ3) is 22.5. The van der Waals surface area contributed by atoms with Gasteiger partial charge in [0.05, 0.1) is 6.61 Å². The Labute approximate surface area is 311 Å². The number of phosphoric ester groups is 1. The Kier molecular flexibility index (Phi) is 27.6. The quantitative estimate of drug-likeness (QED) is 0.0204. The molecule has 0 aromatic heterocycles. The number of aliphatic hydroxyl groups is 5. The summed E-state index contributed by atoms with van der Waals surface area (Å²) in [7, 11) is -5.11. The van der Waals surface area contributed by atoms with Crippen molar-refractivity contribution in [3.8, 4) is 0 Å². The average molecular weight is 765 g/mol. The molecule has 6 N–H and O–H groups in total. The summed E-state index contributed by atoms with van der Waals surface area (Å²) in [5.41, 5.74) is 0. The summed E-state index contributed by atoms with van der Waals surface area (Å²) in [5, 5.41) is 49.9. The van der Waals surface area contributed by atoms with E-state index in [0.29, 0.717) is 12.8 Å². The first-order valence-electron chi connectivity index (χ1n) is 19.6. The van der Waals surface area contributed by atoms with Crippen molar-refractivity contribution in [2.24, 2.45) is 0 Å². The summed E-state index contributed by atoms with van der Waals surface area (Å²) >= 11 is 0. The van der Waals surface area contributed by atoms with Gasteiger partial charge in [-0.3, -0.25) is 18.6 Å². The van der Waals surface area contributed by atoms with Gasteiger partial charge in [0.15, 0.2) is 6.10 Å². The minimum Gasteiger partial charge on any atom is -0.462 e. The normalized spacial score (nSPS) is 23.9. The first kappa shape index (κ1) is 48.3. The highest BCUT2D eigenvalue weighted by molar-refractivity contribution is 7.47. The minimum atomic E-state index is -5.11. The second kappa shape index (κ2) is 29.7.